The third-order valence-corrected chi connectivity index (χ3v) is 4.05. The Hall–Kier alpha value is -1.18. The molecule has 0 spiro atoms. The van der Waals surface area contributed by atoms with Crippen LogP contribution in [0.15, 0.2) is 22.8 Å². The van der Waals surface area contributed by atoms with Gasteiger partial charge in [0, 0.05) is 50.6 Å². The number of amides is 1. The third-order valence-electron chi connectivity index (χ3n) is 3.58. The fourth-order valence-corrected chi connectivity index (χ4v) is 2.55. The highest BCUT2D eigenvalue weighted by molar-refractivity contribution is 9.10. The van der Waals surface area contributed by atoms with E-state index >= 15 is 0 Å². The summed E-state index contributed by atoms with van der Waals surface area (Å²) in [7, 11) is 1.61. The van der Waals surface area contributed by atoms with Gasteiger partial charge >= 0.3 is 0 Å². The molecule has 0 saturated carbocycles. The van der Waals surface area contributed by atoms with Crippen molar-refractivity contribution in [3.63, 3.8) is 0 Å². The van der Waals surface area contributed by atoms with E-state index in [-0.39, 0.29) is 5.91 Å². The van der Waals surface area contributed by atoms with Crippen molar-refractivity contribution in [2.45, 2.75) is 12.5 Å². The molecule has 1 aliphatic heterocycles. The van der Waals surface area contributed by atoms with E-state index in [0.29, 0.717) is 26.1 Å². The van der Waals surface area contributed by atoms with Gasteiger partial charge in [-0.2, -0.15) is 0 Å². The molecular formula is C14H21BrN4O2. The molecule has 2 rings (SSSR count). The lowest BCUT2D eigenvalue weighted by Gasteiger charge is -2.36. The average Bonchev–Trinajstić information content (AvgIpc) is 2.53. The van der Waals surface area contributed by atoms with E-state index in [1.807, 2.05) is 17.0 Å². The number of halogens is 1. The van der Waals surface area contributed by atoms with Crippen molar-refractivity contribution < 1.29 is 9.53 Å². The molecule has 1 fully saturated rings. The number of hydrogen-bond donors (Lipinski definition) is 1. The van der Waals surface area contributed by atoms with E-state index in [2.05, 4.69) is 25.8 Å². The molecule has 1 saturated heterocycles. The molecular weight excluding hydrogens is 336 g/mol. The second-order valence-corrected chi connectivity index (χ2v) is 5.95. The van der Waals surface area contributed by atoms with Crippen molar-refractivity contribution in [3.8, 4) is 0 Å². The van der Waals surface area contributed by atoms with Crippen LogP contribution in [-0.2, 0) is 9.53 Å². The maximum Gasteiger partial charge on any atom is 0.239 e. The first-order valence-corrected chi connectivity index (χ1v) is 7.81. The molecule has 1 aromatic heterocycles. The Bertz CT molecular complexity index is 461. The Morgan fingerprint density at radius 3 is 2.71 bits per heavy atom. The quantitative estimate of drug-likeness (QED) is 0.846. The monoisotopic (exact) mass is 356 g/mol. The van der Waals surface area contributed by atoms with Gasteiger partial charge in [-0.3, -0.25) is 4.79 Å². The van der Waals surface area contributed by atoms with Gasteiger partial charge in [0.25, 0.3) is 0 Å². The Morgan fingerprint density at radius 1 is 1.43 bits per heavy atom. The van der Waals surface area contributed by atoms with Crippen LogP contribution in [0.5, 0.6) is 0 Å². The first kappa shape index (κ1) is 16.2. The number of hydrogen-bond acceptors (Lipinski definition) is 5. The van der Waals surface area contributed by atoms with Gasteiger partial charge in [-0.05, 0) is 34.5 Å². The normalized spacial score (nSPS) is 16.9. The number of methoxy groups -OCH3 is 1. The summed E-state index contributed by atoms with van der Waals surface area (Å²) in [5.41, 5.74) is 5.89. The summed E-state index contributed by atoms with van der Waals surface area (Å²) >= 11 is 3.38. The van der Waals surface area contributed by atoms with Crippen LogP contribution in [0, 0.1) is 0 Å². The standard InChI is InChI=1S/C14H21BrN4O2/c1-21-9-4-12(16)14(20)19-7-5-18(6-8-19)13-3-2-11(15)10-17-13/h2-3,10,12H,4-9,16H2,1H3. The highest BCUT2D eigenvalue weighted by Gasteiger charge is 2.25. The van der Waals surface area contributed by atoms with Crippen LogP contribution in [0.3, 0.4) is 0 Å². The first-order valence-electron chi connectivity index (χ1n) is 7.01. The summed E-state index contributed by atoms with van der Waals surface area (Å²) in [4.78, 5) is 20.6. The molecule has 7 heteroatoms. The van der Waals surface area contributed by atoms with E-state index in [4.69, 9.17) is 10.5 Å². The van der Waals surface area contributed by atoms with Crippen LogP contribution >= 0.6 is 15.9 Å². The van der Waals surface area contributed by atoms with Crippen molar-refractivity contribution in [3.05, 3.63) is 22.8 Å². The SMILES string of the molecule is COCCC(N)C(=O)N1CCN(c2ccc(Br)cn2)CC1. The maximum atomic E-state index is 12.2. The smallest absolute Gasteiger partial charge is 0.239 e. The van der Waals surface area contributed by atoms with Gasteiger partial charge in [0.05, 0.1) is 6.04 Å². The zero-order valence-corrected chi connectivity index (χ0v) is 13.8. The lowest BCUT2D eigenvalue weighted by Crippen LogP contribution is -2.53. The second kappa shape index (κ2) is 7.72. The van der Waals surface area contributed by atoms with E-state index in [9.17, 15) is 4.79 Å². The van der Waals surface area contributed by atoms with Gasteiger partial charge in [-0.1, -0.05) is 0 Å². The molecule has 1 aromatic rings. The predicted molar refractivity (Wildman–Crippen MR) is 85.2 cm³/mol. The van der Waals surface area contributed by atoms with Crippen molar-refractivity contribution in [2.24, 2.45) is 5.73 Å². The fraction of sp³-hybridized carbons (Fsp3) is 0.571. The second-order valence-electron chi connectivity index (χ2n) is 5.03. The molecule has 1 amide bonds. The minimum Gasteiger partial charge on any atom is -0.385 e. The minimum absolute atomic E-state index is 0.00969. The Labute approximate surface area is 133 Å². The number of carbonyl (C=O) groups is 1. The summed E-state index contributed by atoms with van der Waals surface area (Å²) in [6.45, 7) is 3.42. The number of rotatable bonds is 5. The van der Waals surface area contributed by atoms with Crippen LogP contribution in [0.1, 0.15) is 6.42 Å². The number of anilines is 1. The molecule has 0 radical (unpaired) electrons. The molecule has 6 nitrogen and oxygen atoms in total. The molecule has 21 heavy (non-hydrogen) atoms. The molecule has 116 valence electrons. The fourth-order valence-electron chi connectivity index (χ4n) is 2.31. The number of piperazine rings is 1. The number of aromatic nitrogens is 1. The summed E-state index contributed by atoms with van der Waals surface area (Å²) in [5, 5.41) is 0. The number of nitrogens with zero attached hydrogens (tertiary/aromatic N) is 3. The van der Waals surface area contributed by atoms with Gasteiger partial charge in [0.1, 0.15) is 5.82 Å². The van der Waals surface area contributed by atoms with Gasteiger partial charge in [-0.25, -0.2) is 4.98 Å². The molecule has 1 atom stereocenters. The highest BCUT2D eigenvalue weighted by atomic mass is 79.9. The van der Waals surface area contributed by atoms with Gasteiger partial charge in [0.2, 0.25) is 5.91 Å². The van der Waals surface area contributed by atoms with Crippen LogP contribution in [0.4, 0.5) is 5.82 Å². The zero-order valence-electron chi connectivity index (χ0n) is 12.2. The molecule has 0 aromatic carbocycles. The van der Waals surface area contributed by atoms with Crippen molar-refractivity contribution >= 4 is 27.7 Å². The number of nitrogens with two attached hydrogens (primary N) is 1. The van der Waals surface area contributed by atoms with Crippen molar-refractivity contribution in [1.29, 1.82) is 0 Å². The van der Waals surface area contributed by atoms with E-state index in [1.165, 1.54) is 0 Å². The molecule has 0 bridgehead atoms. The topological polar surface area (TPSA) is 71.7 Å². The third kappa shape index (κ3) is 4.39. The summed E-state index contributed by atoms with van der Waals surface area (Å²) in [5.74, 6) is 0.949. The maximum absolute atomic E-state index is 12.2. The number of carbonyl (C=O) groups excluding carboxylic acids is 1. The van der Waals surface area contributed by atoms with Crippen LogP contribution in [-0.4, -0.2) is 61.7 Å². The van der Waals surface area contributed by atoms with Gasteiger partial charge < -0.3 is 20.3 Å². The van der Waals surface area contributed by atoms with Crippen LogP contribution in [0.25, 0.3) is 0 Å². The average molecular weight is 357 g/mol. The summed E-state index contributed by atoms with van der Waals surface area (Å²) < 4.78 is 5.93. The number of ether oxygens (including phenoxy) is 1. The minimum atomic E-state index is -0.470. The predicted octanol–water partition coefficient (Wildman–Crippen LogP) is 0.857. The Morgan fingerprint density at radius 2 is 2.14 bits per heavy atom. The van der Waals surface area contributed by atoms with E-state index in [1.54, 1.807) is 13.3 Å². The van der Waals surface area contributed by atoms with E-state index in [0.717, 1.165) is 23.4 Å². The Balaban J connectivity index is 1.85. The highest BCUT2D eigenvalue weighted by Crippen LogP contribution is 2.16. The molecule has 2 heterocycles. The Kier molecular flexibility index (Phi) is 5.96. The lowest BCUT2D eigenvalue weighted by atomic mass is 10.2. The lowest BCUT2D eigenvalue weighted by molar-refractivity contribution is -0.133. The zero-order chi connectivity index (χ0) is 15.2. The molecule has 1 unspecified atom stereocenters. The van der Waals surface area contributed by atoms with E-state index < -0.39 is 6.04 Å². The van der Waals surface area contributed by atoms with Gasteiger partial charge in [-0.15, -0.1) is 0 Å². The van der Waals surface area contributed by atoms with Crippen LogP contribution in [0.2, 0.25) is 0 Å². The number of pyridine rings is 1. The molecule has 2 N–H and O–H groups in total. The first-order chi connectivity index (χ1) is 10.1. The van der Waals surface area contributed by atoms with Crippen molar-refractivity contribution in [2.75, 3.05) is 44.8 Å². The molecule has 1 aliphatic rings. The largest absolute Gasteiger partial charge is 0.385 e. The van der Waals surface area contributed by atoms with Crippen molar-refractivity contribution in [1.82, 2.24) is 9.88 Å². The molecule has 0 aliphatic carbocycles. The van der Waals surface area contributed by atoms with Gasteiger partial charge in [0.15, 0.2) is 0 Å². The summed E-state index contributed by atoms with van der Waals surface area (Å²) in [6.07, 6.45) is 2.34. The van der Waals surface area contributed by atoms with Crippen LogP contribution < -0.4 is 10.6 Å². The summed E-state index contributed by atoms with van der Waals surface area (Å²) in [6, 6.07) is 3.48.